The molecule has 2 fully saturated rings. The van der Waals surface area contributed by atoms with Crippen LogP contribution in [0.1, 0.15) is 38.2 Å². The number of amides is 2. The van der Waals surface area contributed by atoms with E-state index in [1.54, 1.807) is 23.5 Å². The molecule has 32 heavy (non-hydrogen) atoms. The van der Waals surface area contributed by atoms with E-state index in [9.17, 15) is 9.18 Å². The molecule has 0 saturated carbocycles. The molecule has 0 aliphatic carbocycles. The van der Waals surface area contributed by atoms with Crippen LogP contribution in [-0.2, 0) is 0 Å². The van der Waals surface area contributed by atoms with Crippen molar-refractivity contribution in [3.05, 3.63) is 52.6 Å². The fourth-order valence-corrected chi connectivity index (χ4v) is 5.81. The maximum atomic E-state index is 14.1. The fraction of sp³-hybridized carbons (Fsp3) is 0.480. The molecule has 3 aromatic rings. The third-order valence-electron chi connectivity index (χ3n) is 7.05. The van der Waals surface area contributed by atoms with E-state index in [0.29, 0.717) is 5.92 Å². The Labute approximate surface area is 193 Å². The smallest absolute Gasteiger partial charge is 0.320 e. The molecule has 170 valence electrons. The topological polar surface area (TPSA) is 31.7 Å². The summed E-state index contributed by atoms with van der Waals surface area (Å²) in [6, 6.07) is 7.70. The summed E-state index contributed by atoms with van der Waals surface area (Å²) in [5, 5.41) is 5.25. The average Bonchev–Trinajstić information content (AvgIpc) is 3.51. The van der Waals surface area contributed by atoms with Crippen molar-refractivity contribution < 1.29 is 9.18 Å². The minimum Gasteiger partial charge on any atom is -0.322 e. The minimum absolute atomic E-state index is 0.176. The van der Waals surface area contributed by atoms with Crippen molar-refractivity contribution in [2.45, 2.75) is 38.6 Å². The van der Waals surface area contributed by atoms with E-state index in [1.165, 1.54) is 5.56 Å². The molecule has 0 atom stereocenters. The van der Waals surface area contributed by atoms with Crippen molar-refractivity contribution >= 4 is 28.3 Å². The van der Waals surface area contributed by atoms with Crippen molar-refractivity contribution in [1.82, 2.24) is 19.3 Å². The molecule has 7 heteroatoms. The lowest BCUT2D eigenvalue weighted by atomic mass is 9.89. The van der Waals surface area contributed by atoms with Crippen molar-refractivity contribution in [2.24, 2.45) is 0 Å². The summed E-state index contributed by atoms with van der Waals surface area (Å²) in [7, 11) is 0. The van der Waals surface area contributed by atoms with Gasteiger partial charge in [-0.2, -0.15) is 11.3 Å². The number of urea groups is 1. The second-order valence-electron chi connectivity index (χ2n) is 9.27. The zero-order valence-corrected chi connectivity index (χ0v) is 19.7. The second kappa shape index (κ2) is 8.87. The van der Waals surface area contributed by atoms with E-state index >= 15 is 0 Å². The standard InChI is InChI=1S/C25H31FN4OS/c1-18(2)29-13-12-28(25(29)31)11-10-27-8-5-19(6-9-27)23-16-30(21-7-14-32-17-21)24-4-3-20(26)15-22(23)24/h3-4,7,14-19H,5-6,8-13H2,1-2H3. The van der Waals surface area contributed by atoms with Gasteiger partial charge in [0.05, 0.1) is 11.2 Å². The van der Waals surface area contributed by atoms with E-state index in [0.717, 1.165) is 68.7 Å². The first kappa shape index (κ1) is 21.5. The van der Waals surface area contributed by atoms with Gasteiger partial charge in [-0.15, -0.1) is 0 Å². The van der Waals surface area contributed by atoms with Gasteiger partial charge in [0.1, 0.15) is 5.82 Å². The Kier molecular flexibility index (Phi) is 5.95. The third kappa shape index (κ3) is 4.04. The number of aromatic nitrogens is 1. The van der Waals surface area contributed by atoms with Crippen molar-refractivity contribution in [3.63, 3.8) is 0 Å². The number of likely N-dealkylation sites (tertiary alicyclic amines) is 1. The number of hydrogen-bond donors (Lipinski definition) is 0. The molecule has 0 unspecified atom stereocenters. The molecule has 0 radical (unpaired) electrons. The van der Waals surface area contributed by atoms with Gasteiger partial charge in [-0.05, 0) is 80.9 Å². The van der Waals surface area contributed by atoms with Crippen molar-refractivity contribution in [1.29, 1.82) is 0 Å². The molecule has 0 N–H and O–H groups in total. The number of hydrogen-bond acceptors (Lipinski definition) is 3. The van der Waals surface area contributed by atoms with Gasteiger partial charge in [0.15, 0.2) is 0 Å². The van der Waals surface area contributed by atoms with Crippen LogP contribution in [0.3, 0.4) is 0 Å². The molecule has 2 saturated heterocycles. The van der Waals surface area contributed by atoms with Crippen LogP contribution in [0.25, 0.3) is 16.6 Å². The van der Waals surface area contributed by atoms with Gasteiger partial charge in [0, 0.05) is 49.2 Å². The molecule has 2 aromatic heterocycles. The minimum atomic E-state index is -0.176. The molecule has 0 bridgehead atoms. The Bertz CT molecular complexity index is 1090. The predicted molar refractivity (Wildman–Crippen MR) is 128 cm³/mol. The molecule has 5 rings (SSSR count). The van der Waals surface area contributed by atoms with Crippen molar-refractivity contribution in [2.75, 3.05) is 39.3 Å². The first-order chi connectivity index (χ1) is 15.5. The maximum absolute atomic E-state index is 14.1. The van der Waals surface area contributed by atoms with Crippen LogP contribution in [0.4, 0.5) is 9.18 Å². The fourth-order valence-electron chi connectivity index (χ4n) is 5.18. The summed E-state index contributed by atoms with van der Waals surface area (Å²) >= 11 is 1.68. The first-order valence-corrected chi connectivity index (χ1v) is 12.6. The zero-order chi connectivity index (χ0) is 22.2. The quantitative estimate of drug-likeness (QED) is 0.515. The lowest BCUT2D eigenvalue weighted by Gasteiger charge is -2.33. The van der Waals surface area contributed by atoms with Crippen LogP contribution in [0.5, 0.6) is 0 Å². The number of thiophene rings is 1. The van der Waals surface area contributed by atoms with E-state index in [4.69, 9.17) is 0 Å². The largest absolute Gasteiger partial charge is 0.322 e. The number of benzene rings is 1. The summed E-state index contributed by atoms with van der Waals surface area (Å²) < 4.78 is 16.3. The molecule has 2 aliphatic heterocycles. The highest BCUT2D eigenvalue weighted by molar-refractivity contribution is 7.08. The molecule has 0 spiro atoms. The SMILES string of the molecule is CC(C)N1CCN(CCN2CCC(c3cn(-c4ccsc4)c4ccc(F)cc34)CC2)C1=O. The number of nitrogens with zero attached hydrogens (tertiary/aromatic N) is 4. The Hall–Kier alpha value is -2.38. The molecule has 2 amide bonds. The van der Waals surface area contributed by atoms with Crippen LogP contribution in [-0.4, -0.2) is 70.6 Å². The molecular weight excluding hydrogens is 423 g/mol. The Morgan fingerprint density at radius 3 is 2.59 bits per heavy atom. The molecule has 2 aliphatic rings. The molecule has 4 heterocycles. The number of halogens is 1. The molecular formula is C25H31FN4OS. The van der Waals surface area contributed by atoms with Gasteiger partial charge in [-0.25, -0.2) is 9.18 Å². The maximum Gasteiger partial charge on any atom is 0.320 e. The summed E-state index contributed by atoms with van der Waals surface area (Å²) in [5.41, 5.74) is 3.47. The Morgan fingerprint density at radius 2 is 1.91 bits per heavy atom. The molecule has 1 aromatic carbocycles. The molecule has 5 nitrogen and oxygen atoms in total. The monoisotopic (exact) mass is 454 g/mol. The van der Waals surface area contributed by atoms with E-state index < -0.39 is 0 Å². The van der Waals surface area contributed by atoms with Gasteiger partial charge in [-0.1, -0.05) is 0 Å². The average molecular weight is 455 g/mol. The lowest BCUT2D eigenvalue weighted by Crippen LogP contribution is -2.41. The second-order valence-corrected chi connectivity index (χ2v) is 10.1. The Morgan fingerprint density at radius 1 is 1.09 bits per heavy atom. The highest BCUT2D eigenvalue weighted by Gasteiger charge is 2.31. The third-order valence-corrected chi connectivity index (χ3v) is 7.72. The van der Waals surface area contributed by atoms with E-state index in [1.807, 2.05) is 15.9 Å². The van der Waals surface area contributed by atoms with Gasteiger partial charge in [0.2, 0.25) is 0 Å². The van der Waals surface area contributed by atoms with Gasteiger partial charge in [0.25, 0.3) is 0 Å². The normalized spacial score (nSPS) is 18.6. The number of rotatable bonds is 6. The number of carbonyl (C=O) groups excluding carboxylic acids is 1. The van der Waals surface area contributed by atoms with E-state index in [-0.39, 0.29) is 17.9 Å². The summed E-state index contributed by atoms with van der Waals surface area (Å²) in [5.74, 6) is 0.255. The van der Waals surface area contributed by atoms with Crippen molar-refractivity contribution in [3.8, 4) is 5.69 Å². The van der Waals surface area contributed by atoms with Crippen LogP contribution in [0, 0.1) is 5.82 Å². The number of piperidine rings is 1. The van der Waals surface area contributed by atoms with E-state index in [2.05, 4.69) is 46.3 Å². The van der Waals surface area contributed by atoms with Gasteiger partial charge in [-0.3, -0.25) is 0 Å². The number of fused-ring (bicyclic) bond motifs is 1. The van der Waals surface area contributed by atoms with Gasteiger partial charge >= 0.3 is 6.03 Å². The first-order valence-electron chi connectivity index (χ1n) is 11.6. The lowest BCUT2D eigenvalue weighted by molar-refractivity contribution is 0.166. The summed E-state index contributed by atoms with van der Waals surface area (Å²) in [4.78, 5) is 18.9. The highest BCUT2D eigenvalue weighted by Crippen LogP contribution is 2.36. The van der Waals surface area contributed by atoms with Crippen LogP contribution >= 0.6 is 11.3 Å². The summed E-state index contributed by atoms with van der Waals surface area (Å²) in [6.45, 7) is 9.58. The highest BCUT2D eigenvalue weighted by atomic mass is 32.1. The predicted octanol–water partition coefficient (Wildman–Crippen LogP) is 5.16. The van der Waals surface area contributed by atoms with Gasteiger partial charge < -0.3 is 19.3 Å². The van der Waals surface area contributed by atoms with Crippen LogP contribution in [0.15, 0.2) is 41.2 Å². The van der Waals surface area contributed by atoms with Crippen LogP contribution < -0.4 is 0 Å². The van der Waals surface area contributed by atoms with Crippen LogP contribution in [0.2, 0.25) is 0 Å². The number of carbonyl (C=O) groups is 1. The zero-order valence-electron chi connectivity index (χ0n) is 18.8. The summed E-state index contributed by atoms with van der Waals surface area (Å²) in [6.07, 6.45) is 4.34. The Balaban J connectivity index is 1.25.